The predicted molar refractivity (Wildman–Crippen MR) is 47.8 cm³/mol. The molecule has 1 aliphatic rings. The fourth-order valence-electron chi connectivity index (χ4n) is 1.98. The van der Waals surface area contributed by atoms with Crippen LogP contribution in [0.2, 0.25) is 0 Å². The van der Waals surface area contributed by atoms with E-state index in [9.17, 15) is 4.79 Å². The molecule has 0 aliphatic heterocycles. The van der Waals surface area contributed by atoms with Crippen LogP contribution in [0.4, 0.5) is 0 Å². The second-order valence-corrected chi connectivity index (χ2v) is 3.87. The Morgan fingerprint density at radius 2 is 2.33 bits per heavy atom. The van der Waals surface area contributed by atoms with E-state index in [2.05, 4.69) is 0 Å². The van der Waals surface area contributed by atoms with Gasteiger partial charge in [0.1, 0.15) is 5.78 Å². The third kappa shape index (κ3) is 2.59. The standard InChI is InChI=1S/C10H18O2/c1-8-7-9(3-2-6-11)4-5-10(8)12/h8-9,11H,2-7H2,1H3. The van der Waals surface area contributed by atoms with Crippen molar-refractivity contribution in [3.63, 3.8) is 0 Å². The zero-order valence-electron chi connectivity index (χ0n) is 7.75. The SMILES string of the molecule is CC1CC(CCCO)CCC1=O. The monoisotopic (exact) mass is 170 g/mol. The van der Waals surface area contributed by atoms with E-state index in [-0.39, 0.29) is 5.92 Å². The second-order valence-electron chi connectivity index (χ2n) is 3.87. The fourth-order valence-corrected chi connectivity index (χ4v) is 1.98. The Morgan fingerprint density at radius 1 is 1.58 bits per heavy atom. The summed E-state index contributed by atoms with van der Waals surface area (Å²) in [4.78, 5) is 11.2. The summed E-state index contributed by atoms with van der Waals surface area (Å²) >= 11 is 0. The zero-order chi connectivity index (χ0) is 8.97. The lowest BCUT2D eigenvalue weighted by Gasteiger charge is -2.25. The highest BCUT2D eigenvalue weighted by atomic mass is 16.2. The van der Waals surface area contributed by atoms with Gasteiger partial charge in [0.25, 0.3) is 0 Å². The minimum Gasteiger partial charge on any atom is -0.396 e. The Balaban J connectivity index is 2.25. The summed E-state index contributed by atoms with van der Waals surface area (Å²) in [6.07, 6.45) is 4.83. The van der Waals surface area contributed by atoms with E-state index in [4.69, 9.17) is 5.11 Å². The van der Waals surface area contributed by atoms with E-state index < -0.39 is 0 Å². The van der Waals surface area contributed by atoms with Gasteiger partial charge in [-0.1, -0.05) is 6.92 Å². The van der Waals surface area contributed by atoms with E-state index in [0.29, 0.717) is 18.3 Å². The van der Waals surface area contributed by atoms with E-state index in [1.54, 1.807) is 0 Å². The quantitative estimate of drug-likeness (QED) is 0.700. The molecule has 0 aromatic rings. The minimum absolute atomic E-state index is 0.266. The van der Waals surface area contributed by atoms with E-state index in [1.807, 2.05) is 6.92 Å². The van der Waals surface area contributed by atoms with Crippen LogP contribution in [0.5, 0.6) is 0 Å². The summed E-state index contributed by atoms with van der Waals surface area (Å²) in [5.74, 6) is 1.38. The van der Waals surface area contributed by atoms with Gasteiger partial charge < -0.3 is 5.11 Å². The number of Topliss-reactive ketones (excluding diaryl/α,β-unsaturated/α-hetero) is 1. The average molecular weight is 170 g/mol. The maximum atomic E-state index is 11.2. The third-order valence-electron chi connectivity index (χ3n) is 2.81. The van der Waals surface area contributed by atoms with Gasteiger partial charge in [-0.25, -0.2) is 0 Å². The molecule has 1 N–H and O–H groups in total. The summed E-state index contributed by atoms with van der Waals surface area (Å²) < 4.78 is 0. The molecule has 70 valence electrons. The number of hydrogen-bond acceptors (Lipinski definition) is 2. The molecule has 0 heterocycles. The van der Waals surface area contributed by atoms with Crippen LogP contribution in [0.25, 0.3) is 0 Å². The van der Waals surface area contributed by atoms with Crippen LogP contribution in [0.3, 0.4) is 0 Å². The Bertz CT molecular complexity index is 154. The van der Waals surface area contributed by atoms with Gasteiger partial charge in [-0.15, -0.1) is 0 Å². The van der Waals surface area contributed by atoms with Crippen LogP contribution in [-0.2, 0) is 4.79 Å². The molecule has 1 fully saturated rings. The molecular weight excluding hydrogens is 152 g/mol. The lowest BCUT2D eigenvalue weighted by molar-refractivity contribution is -0.125. The maximum absolute atomic E-state index is 11.2. The summed E-state index contributed by atoms with van der Waals surface area (Å²) in [5.41, 5.74) is 0. The molecule has 0 spiro atoms. The van der Waals surface area contributed by atoms with E-state index in [0.717, 1.165) is 32.1 Å². The summed E-state index contributed by atoms with van der Waals surface area (Å²) in [6, 6.07) is 0. The maximum Gasteiger partial charge on any atom is 0.135 e. The molecule has 2 nitrogen and oxygen atoms in total. The Kier molecular flexibility index (Phi) is 3.73. The summed E-state index contributed by atoms with van der Waals surface area (Å²) in [6.45, 7) is 2.31. The highest BCUT2D eigenvalue weighted by Gasteiger charge is 2.24. The first-order valence-corrected chi connectivity index (χ1v) is 4.87. The number of aliphatic hydroxyl groups excluding tert-OH is 1. The molecule has 0 aromatic carbocycles. The van der Waals surface area contributed by atoms with Gasteiger partial charge in [0.05, 0.1) is 0 Å². The molecule has 1 rings (SSSR count). The predicted octanol–water partition coefficient (Wildman–Crippen LogP) is 1.76. The highest BCUT2D eigenvalue weighted by Crippen LogP contribution is 2.29. The molecule has 2 atom stereocenters. The number of ketones is 1. The van der Waals surface area contributed by atoms with Gasteiger partial charge in [-0.2, -0.15) is 0 Å². The van der Waals surface area contributed by atoms with Crippen molar-refractivity contribution in [1.29, 1.82) is 0 Å². The molecule has 1 aliphatic carbocycles. The first-order chi connectivity index (χ1) is 5.74. The molecule has 0 bridgehead atoms. The highest BCUT2D eigenvalue weighted by molar-refractivity contribution is 5.81. The van der Waals surface area contributed by atoms with E-state index >= 15 is 0 Å². The topological polar surface area (TPSA) is 37.3 Å². The fraction of sp³-hybridized carbons (Fsp3) is 0.900. The second kappa shape index (κ2) is 4.61. The smallest absolute Gasteiger partial charge is 0.135 e. The minimum atomic E-state index is 0.266. The Morgan fingerprint density at radius 3 is 2.92 bits per heavy atom. The van der Waals surface area contributed by atoms with Crippen LogP contribution in [0.15, 0.2) is 0 Å². The Hall–Kier alpha value is -0.370. The van der Waals surface area contributed by atoms with Crippen molar-refractivity contribution in [2.24, 2.45) is 11.8 Å². The number of carbonyl (C=O) groups is 1. The molecule has 0 amide bonds. The van der Waals surface area contributed by atoms with Gasteiger partial charge >= 0.3 is 0 Å². The normalized spacial score (nSPS) is 30.7. The van der Waals surface area contributed by atoms with Crippen molar-refractivity contribution in [3.8, 4) is 0 Å². The van der Waals surface area contributed by atoms with Crippen molar-refractivity contribution < 1.29 is 9.90 Å². The molecular formula is C10H18O2. The van der Waals surface area contributed by atoms with Crippen LogP contribution in [-0.4, -0.2) is 17.5 Å². The van der Waals surface area contributed by atoms with Crippen LogP contribution < -0.4 is 0 Å². The van der Waals surface area contributed by atoms with Crippen molar-refractivity contribution in [3.05, 3.63) is 0 Å². The molecule has 0 radical (unpaired) electrons. The molecule has 0 saturated heterocycles. The number of hydrogen-bond donors (Lipinski definition) is 1. The molecule has 2 heteroatoms. The van der Waals surface area contributed by atoms with Crippen molar-refractivity contribution in [1.82, 2.24) is 0 Å². The zero-order valence-corrected chi connectivity index (χ0v) is 7.75. The van der Waals surface area contributed by atoms with Gasteiger partial charge in [0.2, 0.25) is 0 Å². The summed E-state index contributed by atoms with van der Waals surface area (Å²) in [7, 11) is 0. The van der Waals surface area contributed by atoms with Gasteiger partial charge in [0.15, 0.2) is 0 Å². The first kappa shape index (κ1) is 9.72. The Labute approximate surface area is 74.0 Å². The lowest BCUT2D eigenvalue weighted by atomic mass is 9.79. The van der Waals surface area contributed by atoms with Gasteiger partial charge in [-0.3, -0.25) is 4.79 Å². The molecule has 0 aromatic heterocycles. The number of rotatable bonds is 3. The summed E-state index contributed by atoms with van der Waals surface area (Å²) in [5, 5.41) is 8.65. The number of carbonyl (C=O) groups excluding carboxylic acids is 1. The van der Waals surface area contributed by atoms with Crippen LogP contribution in [0.1, 0.15) is 39.0 Å². The van der Waals surface area contributed by atoms with Crippen molar-refractivity contribution >= 4 is 5.78 Å². The number of aliphatic hydroxyl groups is 1. The lowest BCUT2D eigenvalue weighted by Crippen LogP contribution is -2.22. The van der Waals surface area contributed by atoms with Crippen molar-refractivity contribution in [2.75, 3.05) is 6.61 Å². The van der Waals surface area contributed by atoms with Gasteiger partial charge in [-0.05, 0) is 31.6 Å². The molecule has 1 saturated carbocycles. The first-order valence-electron chi connectivity index (χ1n) is 4.87. The molecule has 2 unspecified atom stereocenters. The molecule has 12 heavy (non-hydrogen) atoms. The average Bonchev–Trinajstić information content (AvgIpc) is 2.07. The third-order valence-corrected chi connectivity index (χ3v) is 2.81. The van der Waals surface area contributed by atoms with Crippen LogP contribution >= 0.6 is 0 Å². The van der Waals surface area contributed by atoms with Gasteiger partial charge in [0, 0.05) is 18.9 Å². The largest absolute Gasteiger partial charge is 0.396 e. The van der Waals surface area contributed by atoms with Crippen molar-refractivity contribution in [2.45, 2.75) is 39.0 Å². The van der Waals surface area contributed by atoms with Crippen LogP contribution in [0, 0.1) is 11.8 Å². The van der Waals surface area contributed by atoms with E-state index in [1.165, 1.54) is 0 Å².